The predicted octanol–water partition coefficient (Wildman–Crippen LogP) is 0.230. The van der Waals surface area contributed by atoms with Gasteiger partial charge < -0.3 is 38.0 Å². The van der Waals surface area contributed by atoms with E-state index in [4.69, 9.17) is 38.0 Å². The van der Waals surface area contributed by atoms with Crippen molar-refractivity contribution in [3.05, 3.63) is 11.3 Å². The van der Waals surface area contributed by atoms with Gasteiger partial charge in [-0.1, -0.05) is 0 Å². The van der Waals surface area contributed by atoms with Gasteiger partial charge in [-0.3, -0.25) is 0 Å². The Bertz CT molecular complexity index is 792. The molecule has 4 aliphatic heterocycles. The summed E-state index contributed by atoms with van der Waals surface area (Å²) < 4.78 is 39.9. The van der Waals surface area contributed by atoms with Gasteiger partial charge in [0.2, 0.25) is 5.76 Å². The summed E-state index contributed by atoms with van der Waals surface area (Å²) >= 11 is 0. The van der Waals surface area contributed by atoms with E-state index in [2.05, 4.69) is 0 Å². The summed E-state index contributed by atoms with van der Waals surface area (Å²) in [4.78, 5) is 31.2. The van der Waals surface area contributed by atoms with Crippen LogP contribution in [0.5, 0.6) is 0 Å². The van der Waals surface area contributed by atoms with Crippen molar-refractivity contribution < 1.29 is 47.6 Å². The van der Waals surface area contributed by atoms with Crippen molar-refractivity contribution in [1.82, 2.24) is 5.06 Å². The molecule has 0 aromatic heterocycles. The number of rotatable bonds is 3. The number of carbonyl (C=O) groups is 2. The summed E-state index contributed by atoms with van der Waals surface area (Å²) in [6.45, 7) is 7.20. The Hall–Kier alpha value is -1.76. The molecule has 168 valence electrons. The summed E-state index contributed by atoms with van der Waals surface area (Å²) in [5.74, 6) is -3.75. The van der Waals surface area contributed by atoms with E-state index in [1.54, 1.807) is 34.7 Å². The Morgan fingerprint density at radius 2 is 1.63 bits per heavy atom. The number of likely N-dealkylation sites (N-methyl/N-ethyl adjacent to an activating group) is 1. The third kappa shape index (κ3) is 2.95. The lowest BCUT2D eigenvalue weighted by atomic mass is 9.78. The average Bonchev–Trinajstić information content (AvgIpc) is 3.35. The van der Waals surface area contributed by atoms with Crippen LogP contribution in [0.4, 0.5) is 0 Å². The standard InChI is InChI=1S/C19H27NO10/c1-17(2)25-8-9(27-17)12-19(13-16(26-12)29-18(3,4)28-13)10(14(21)23-6)11(15(22)24-7)30-20(19)5/h9,12-13,16H,8H2,1-7H3/t9-,12-,13+,16-,19-/m1/s1. The molecular formula is C19H27NO10. The maximum atomic E-state index is 13.0. The summed E-state index contributed by atoms with van der Waals surface area (Å²) in [5.41, 5.74) is -1.49. The van der Waals surface area contributed by atoms with Gasteiger partial charge >= 0.3 is 11.9 Å². The van der Waals surface area contributed by atoms with Crippen molar-refractivity contribution in [3.63, 3.8) is 0 Å². The Balaban J connectivity index is 1.88. The predicted molar refractivity (Wildman–Crippen MR) is 96.2 cm³/mol. The summed E-state index contributed by atoms with van der Waals surface area (Å²) in [6, 6.07) is 0. The average molecular weight is 429 g/mol. The fourth-order valence-corrected chi connectivity index (χ4v) is 4.60. The van der Waals surface area contributed by atoms with E-state index in [9.17, 15) is 9.59 Å². The molecule has 0 saturated carbocycles. The van der Waals surface area contributed by atoms with Gasteiger partial charge in [-0.15, -0.1) is 5.06 Å². The van der Waals surface area contributed by atoms with Gasteiger partial charge in [-0.25, -0.2) is 9.59 Å². The fraction of sp³-hybridized carbons (Fsp3) is 0.789. The van der Waals surface area contributed by atoms with Gasteiger partial charge in [-0.05, 0) is 27.7 Å². The van der Waals surface area contributed by atoms with Gasteiger partial charge in [0.05, 0.1) is 20.8 Å². The molecule has 4 rings (SSSR count). The Morgan fingerprint density at radius 1 is 0.967 bits per heavy atom. The number of hydrogen-bond donors (Lipinski definition) is 0. The molecule has 1 spiro atoms. The smallest absolute Gasteiger partial charge is 0.376 e. The lowest BCUT2D eigenvalue weighted by molar-refractivity contribution is -0.253. The highest BCUT2D eigenvalue weighted by atomic mass is 16.8. The van der Waals surface area contributed by atoms with Crippen LogP contribution in [0.25, 0.3) is 0 Å². The fourth-order valence-electron chi connectivity index (χ4n) is 4.60. The summed E-state index contributed by atoms with van der Waals surface area (Å²) in [5, 5.41) is 1.36. The zero-order valence-electron chi connectivity index (χ0n) is 18.0. The lowest BCUT2D eigenvalue weighted by Gasteiger charge is -2.40. The number of carbonyl (C=O) groups excluding carboxylic acids is 2. The van der Waals surface area contributed by atoms with Gasteiger partial charge in [0, 0.05) is 7.05 Å². The first kappa shape index (κ1) is 21.5. The van der Waals surface area contributed by atoms with Crippen LogP contribution < -0.4 is 0 Å². The van der Waals surface area contributed by atoms with Crippen LogP contribution in [-0.2, 0) is 47.6 Å². The van der Waals surface area contributed by atoms with Crippen LogP contribution in [0.3, 0.4) is 0 Å². The van der Waals surface area contributed by atoms with Crippen molar-refractivity contribution in [2.24, 2.45) is 0 Å². The molecule has 4 heterocycles. The Kier molecular flexibility index (Phi) is 4.92. The molecule has 11 nitrogen and oxygen atoms in total. The molecule has 3 saturated heterocycles. The quantitative estimate of drug-likeness (QED) is 0.575. The molecule has 0 aromatic rings. The first-order valence-electron chi connectivity index (χ1n) is 9.63. The highest BCUT2D eigenvalue weighted by Gasteiger charge is 2.75. The minimum absolute atomic E-state index is 0.0774. The van der Waals surface area contributed by atoms with E-state index >= 15 is 0 Å². The van der Waals surface area contributed by atoms with Crippen molar-refractivity contribution in [3.8, 4) is 0 Å². The monoisotopic (exact) mass is 429 g/mol. The third-order valence-corrected chi connectivity index (χ3v) is 5.71. The zero-order chi connectivity index (χ0) is 22.1. The van der Waals surface area contributed by atoms with Crippen molar-refractivity contribution in [1.29, 1.82) is 0 Å². The molecule has 0 amide bonds. The number of esters is 2. The van der Waals surface area contributed by atoms with Gasteiger partial charge in [0.25, 0.3) is 0 Å². The molecule has 0 radical (unpaired) electrons. The molecule has 0 unspecified atom stereocenters. The van der Waals surface area contributed by atoms with Gasteiger partial charge in [0.15, 0.2) is 23.4 Å². The number of nitrogens with zero attached hydrogens (tertiary/aromatic N) is 1. The molecule has 4 aliphatic rings. The molecule has 11 heteroatoms. The van der Waals surface area contributed by atoms with Crippen molar-refractivity contribution in [2.45, 2.75) is 69.4 Å². The van der Waals surface area contributed by atoms with E-state index in [1.165, 1.54) is 19.3 Å². The number of fused-ring (bicyclic) bond motifs is 2. The van der Waals surface area contributed by atoms with E-state index in [-0.39, 0.29) is 17.9 Å². The summed E-state index contributed by atoms with van der Waals surface area (Å²) in [6.07, 6.45) is -3.12. The normalized spacial score (nSPS) is 39.3. The van der Waals surface area contributed by atoms with E-state index in [0.717, 1.165) is 0 Å². The molecule has 30 heavy (non-hydrogen) atoms. The maximum Gasteiger partial charge on any atom is 0.376 e. The second kappa shape index (κ2) is 6.87. The second-order valence-electron chi connectivity index (χ2n) is 8.45. The van der Waals surface area contributed by atoms with E-state index in [0.29, 0.717) is 0 Å². The number of methoxy groups -OCH3 is 2. The largest absolute Gasteiger partial charge is 0.465 e. The third-order valence-electron chi connectivity index (χ3n) is 5.71. The molecule has 0 N–H and O–H groups in total. The highest BCUT2D eigenvalue weighted by Crippen LogP contribution is 2.55. The topological polar surface area (TPSA) is 111 Å². The van der Waals surface area contributed by atoms with Crippen LogP contribution in [0, 0.1) is 0 Å². The molecule has 5 atom stereocenters. The molecule has 0 bridgehead atoms. The van der Waals surface area contributed by atoms with E-state index in [1.807, 2.05) is 0 Å². The van der Waals surface area contributed by atoms with Crippen molar-refractivity contribution in [2.75, 3.05) is 27.9 Å². The number of hydrogen-bond acceptors (Lipinski definition) is 11. The molecule has 0 aliphatic carbocycles. The maximum absolute atomic E-state index is 13.0. The minimum atomic E-state index is -1.41. The SMILES string of the molecule is COC(=O)C1=C(C(=O)OC)[C@]2([C@@H]([C@H]3COC(C)(C)O3)O[C@@H]3OC(C)(C)O[C@@H]32)N(C)O1. The summed E-state index contributed by atoms with van der Waals surface area (Å²) in [7, 11) is 3.98. The zero-order valence-corrected chi connectivity index (χ0v) is 18.0. The number of ether oxygens (including phenoxy) is 7. The van der Waals surface area contributed by atoms with Crippen LogP contribution in [0.15, 0.2) is 11.3 Å². The van der Waals surface area contributed by atoms with Gasteiger partial charge in [-0.2, -0.15) is 0 Å². The van der Waals surface area contributed by atoms with Crippen LogP contribution >= 0.6 is 0 Å². The van der Waals surface area contributed by atoms with Crippen LogP contribution in [0.1, 0.15) is 27.7 Å². The molecule has 0 aromatic carbocycles. The Labute approximate surface area is 174 Å². The minimum Gasteiger partial charge on any atom is -0.465 e. The first-order valence-corrected chi connectivity index (χ1v) is 9.63. The lowest BCUT2D eigenvalue weighted by Crippen LogP contribution is -2.63. The second-order valence-corrected chi connectivity index (χ2v) is 8.45. The molecular weight excluding hydrogens is 402 g/mol. The van der Waals surface area contributed by atoms with Crippen LogP contribution in [-0.4, -0.2) is 86.6 Å². The Morgan fingerprint density at radius 3 is 2.20 bits per heavy atom. The first-order chi connectivity index (χ1) is 14.0. The van der Waals surface area contributed by atoms with Gasteiger partial charge in [0.1, 0.15) is 23.9 Å². The molecule has 3 fully saturated rings. The van der Waals surface area contributed by atoms with E-state index < -0.39 is 53.7 Å². The number of hydroxylamine groups is 2. The van der Waals surface area contributed by atoms with Crippen molar-refractivity contribution >= 4 is 11.9 Å². The highest BCUT2D eigenvalue weighted by molar-refractivity contribution is 6.01. The van der Waals surface area contributed by atoms with Crippen LogP contribution in [0.2, 0.25) is 0 Å².